The molecule has 0 fully saturated rings. The molecule has 0 aliphatic carbocycles. The second-order valence-electron chi connectivity index (χ2n) is 7.41. The molecule has 3 N–H and O–H groups in total. The number of rotatable bonds is 3. The van der Waals surface area contributed by atoms with Gasteiger partial charge in [-0.2, -0.15) is 0 Å². The Kier molecular flexibility index (Phi) is 6.21. The van der Waals surface area contributed by atoms with Crippen LogP contribution >= 0.6 is 35.2 Å². The first-order chi connectivity index (χ1) is 13.7. The van der Waals surface area contributed by atoms with Crippen LogP contribution in [0.25, 0.3) is 10.1 Å². The Balaban J connectivity index is 1.83. The van der Waals surface area contributed by atoms with Crippen molar-refractivity contribution in [1.29, 1.82) is 0 Å². The molecule has 3 aromatic rings. The van der Waals surface area contributed by atoms with Crippen LogP contribution in [0.2, 0.25) is 5.02 Å². The summed E-state index contributed by atoms with van der Waals surface area (Å²) in [7, 11) is 0. The summed E-state index contributed by atoms with van der Waals surface area (Å²) in [5, 5.41) is 9.93. The first-order valence-corrected chi connectivity index (χ1v) is 10.5. The van der Waals surface area contributed by atoms with Gasteiger partial charge < -0.3 is 10.6 Å². The van der Waals surface area contributed by atoms with Crippen LogP contribution in [0.3, 0.4) is 0 Å². The highest BCUT2D eigenvalue weighted by Gasteiger charge is 2.22. The van der Waals surface area contributed by atoms with Gasteiger partial charge in [0.2, 0.25) is 0 Å². The van der Waals surface area contributed by atoms with Crippen LogP contribution in [-0.4, -0.2) is 22.5 Å². The largest absolute Gasteiger partial charge is 0.347 e. The van der Waals surface area contributed by atoms with Gasteiger partial charge in [0.25, 0.3) is 11.8 Å². The van der Waals surface area contributed by atoms with Crippen molar-refractivity contribution in [2.75, 3.05) is 5.32 Å². The van der Waals surface area contributed by atoms with Gasteiger partial charge in [0.1, 0.15) is 4.88 Å². The maximum Gasteiger partial charge on any atom is 0.263 e. The van der Waals surface area contributed by atoms with Crippen LogP contribution in [-0.2, 0) is 0 Å². The number of carbonyl (C=O) groups is 2. The van der Waals surface area contributed by atoms with Crippen LogP contribution in [0.5, 0.6) is 0 Å². The Morgan fingerprint density at radius 3 is 2.34 bits per heavy atom. The maximum atomic E-state index is 12.6. The number of nitrogens with one attached hydrogen (secondary N) is 3. The van der Waals surface area contributed by atoms with E-state index in [4.69, 9.17) is 23.8 Å². The smallest absolute Gasteiger partial charge is 0.263 e. The number of hydrogen-bond donors (Lipinski definition) is 3. The van der Waals surface area contributed by atoms with Gasteiger partial charge in [0.05, 0.1) is 15.4 Å². The van der Waals surface area contributed by atoms with Gasteiger partial charge in [0, 0.05) is 16.5 Å². The van der Waals surface area contributed by atoms with E-state index in [1.54, 1.807) is 24.3 Å². The van der Waals surface area contributed by atoms with Gasteiger partial charge in [-0.1, -0.05) is 41.9 Å². The quantitative estimate of drug-likeness (QED) is 0.484. The predicted octanol–water partition coefficient (Wildman–Crippen LogP) is 5.21. The molecule has 0 unspecified atom stereocenters. The molecule has 150 valence electrons. The van der Waals surface area contributed by atoms with Crippen molar-refractivity contribution < 1.29 is 9.59 Å². The normalized spacial score (nSPS) is 11.2. The second-order valence-corrected chi connectivity index (χ2v) is 9.21. The summed E-state index contributed by atoms with van der Waals surface area (Å²) in [6, 6.07) is 14.3. The summed E-state index contributed by atoms with van der Waals surface area (Å²) in [5.74, 6) is -0.528. The molecular formula is C21H20ClN3O2S2. The Morgan fingerprint density at radius 1 is 1.00 bits per heavy atom. The first kappa shape index (κ1) is 21.2. The molecule has 3 rings (SSSR count). The van der Waals surface area contributed by atoms with Crippen molar-refractivity contribution in [2.24, 2.45) is 0 Å². The van der Waals surface area contributed by atoms with Crippen molar-refractivity contribution in [3.05, 3.63) is 64.0 Å². The van der Waals surface area contributed by atoms with Gasteiger partial charge in [-0.15, -0.1) is 11.3 Å². The lowest BCUT2D eigenvalue weighted by molar-refractivity contribution is 0.0922. The standard InChI is InChI=1S/C21H20ClN3O2S2/c1-21(2,3)25-19(27)17-15(22)13-10-7-11-14(16(13)29-17)23-20(28)24-18(26)12-8-5-4-6-9-12/h4-11H,1-3H3,(H,25,27)(H2,23,24,26,28). The van der Waals surface area contributed by atoms with Crippen molar-refractivity contribution in [1.82, 2.24) is 10.6 Å². The SMILES string of the molecule is CC(C)(C)NC(=O)c1sc2c(NC(=S)NC(=O)c3ccccc3)cccc2c1Cl. The zero-order chi connectivity index (χ0) is 21.2. The average molecular weight is 446 g/mol. The Hall–Kier alpha value is -2.48. The van der Waals surface area contributed by atoms with Gasteiger partial charge in [-0.25, -0.2) is 0 Å². The first-order valence-electron chi connectivity index (χ1n) is 8.86. The van der Waals surface area contributed by atoms with Crippen molar-refractivity contribution in [3.63, 3.8) is 0 Å². The summed E-state index contributed by atoms with van der Waals surface area (Å²) < 4.78 is 0.785. The van der Waals surface area contributed by atoms with Gasteiger partial charge in [-0.05, 0) is 51.2 Å². The number of benzene rings is 2. The number of amides is 2. The van der Waals surface area contributed by atoms with Crippen LogP contribution in [0, 0.1) is 0 Å². The third-order valence-corrected chi connectivity index (χ3v) is 5.81. The summed E-state index contributed by atoms with van der Waals surface area (Å²) >= 11 is 13.0. The van der Waals surface area contributed by atoms with E-state index in [9.17, 15) is 9.59 Å². The van der Waals surface area contributed by atoms with Crippen molar-refractivity contribution in [2.45, 2.75) is 26.3 Å². The second kappa shape index (κ2) is 8.49. The van der Waals surface area contributed by atoms with Crippen molar-refractivity contribution in [3.8, 4) is 0 Å². The number of anilines is 1. The summed E-state index contributed by atoms with van der Waals surface area (Å²) in [5.41, 5.74) is 0.804. The molecule has 1 aromatic heterocycles. The number of thiophene rings is 1. The van der Waals surface area contributed by atoms with E-state index < -0.39 is 0 Å². The molecule has 0 bridgehead atoms. The average Bonchev–Trinajstić information content (AvgIpc) is 2.99. The minimum Gasteiger partial charge on any atom is -0.347 e. The van der Waals surface area contributed by atoms with Gasteiger partial charge >= 0.3 is 0 Å². The van der Waals surface area contributed by atoms with E-state index >= 15 is 0 Å². The molecule has 1 heterocycles. The third kappa shape index (κ3) is 5.12. The van der Waals surface area contributed by atoms with Gasteiger partial charge in [-0.3, -0.25) is 14.9 Å². The predicted molar refractivity (Wildman–Crippen MR) is 124 cm³/mol. The zero-order valence-corrected chi connectivity index (χ0v) is 18.5. The molecule has 2 amide bonds. The molecule has 0 aliphatic rings. The highest BCUT2D eigenvalue weighted by atomic mass is 35.5. The summed E-state index contributed by atoms with van der Waals surface area (Å²) in [6.07, 6.45) is 0. The Morgan fingerprint density at radius 2 is 1.69 bits per heavy atom. The fraction of sp³-hybridized carbons (Fsp3) is 0.190. The molecule has 0 aliphatic heterocycles. The monoisotopic (exact) mass is 445 g/mol. The molecule has 0 saturated heterocycles. The molecule has 2 aromatic carbocycles. The molecule has 0 spiro atoms. The Bertz CT molecular complexity index is 1090. The topological polar surface area (TPSA) is 70.2 Å². The lowest BCUT2D eigenvalue weighted by atomic mass is 10.1. The van der Waals surface area contributed by atoms with Crippen molar-refractivity contribution >= 4 is 67.9 Å². The molecule has 29 heavy (non-hydrogen) atoms. The van der Waals surface area contributed by atoms with E-state index in [0.29, 0.717) is 21.2 Å². The molecular weight excluding hydrogens is 426 g/mol. The number of carbonyl (C=O) groups excluding carboxylic acids is 2. The molecule has 5 nitrogen and oxygen atoms in total. The number of halogens is 1. The minimum atomic E-state index is -0.374. The van der Waals surface area contributed by atoms with Crippen LogP contribution in [0.4, 0.5) is 5.69 Å². The van der Waals surface area contributed by atoms with E-state index in [-0.39, 0.29) is 22.5 Å². The van der Waals surface area contributed by atoms with E-state index in [0.717, 1.165) is 10.1 Å². The number of thiocarbonyl (C=S) groups is 1. The van der Waals surface area contributed by atoms with Gasteiger partial charge in [0.15, 0.2) is 5.11 Å². The lowest BCUT2D eigenvalue weighted by Crippen LogP contribution is -2.40. The van der Waals surface area contributed by atoms with E-state index in [1.807, 2.05) is 45.0 Å². The highest BCUT2D eigenvalue weighted by Crippen LogP contribution is 2.39. The van der Waals surface area contributed by atoms with Crippen LogP contribution < -0.4 is 16.0 Å². The van der Waals surface area contributed by atoms with E-state index in [2.05, 4.69) is 16.0 Å². The minimum absolute atomic E-state index is 0.163. The highest BCUT2D eigenvalue weighted by molar-refractivity contribution is 7.80. The lowest BCUT2D eigenvalue weighted by Gasteiger charge is -2.19. The zero-order valence-electron chi connectivity index (χ0n) is 16.1. The number of hydrogen-bond acceptors (Lipinski definition) is 4. The molecule has 8 heteroatoms. The maximum absolute atomic E-state index is 12.6. The van der Waals surface area contributed by atoms with E-state index in [1.165, 1.54) is 11.3 Å². The van der Waals surface area contributed by atoms with Crippen LogP contribution in [0.1, 0.15) is 40.8 Å². The third-order valence-electron chi connectivity index (χ3n) is 3.86. The van der Waals surface area contributed by atoms with Crippen LogP contribution in [0.15, 0.2) is 48.5 Å². The summed E-state index contributed by atoms with van der Waals surface area (Å²) in [6.45, 7) is 5.73. The summed E-state index contributed by atoms with van der Waals surface area (Å²) in [4.78, 5) is 25.3. The fourth-order valence-electron chi connectivity index (χ4n) is 2.65. The molecule has 0 saturated carbocycles. The molecule has 0 atom stereocenters. The fourth-order valence-corrected chi connectivity index (χ4v) is 4.32. The Labute approximate surface area is 183 Å². The molecule has 0 radical (unpaired) electrons. The number of fused-ring (bicyclic) bond motifs is 1.